The summed E-state index contributed by atoms with van der Waals surface area (Å²) >= 11 is 3.71. The third-order valence-corrected chi connectivity index (χ3v) is 5.29. The summed E-state index contributed by atoms with van der Waals surface area (Å²) in [6, 6.07) is 0. The fourth-order valence-electron chi connectivity index (χ4n) is 3.13. The molecule has 19 heavy (non-hydrogen) atoms. The van der Waals surface area contributed by atoms with Crippen molar-refractivity contribution in [3.8, 4) is 0 Å². The van der Waals surface area contributed by atoms with Crippen LogP contribution < -0.4 is 5.73 Å². The molecule has 1 aromatic rings. The predicted octanol–water partition coefficient (Wildman–Crippen LogP) is 3.73. The topological polar surface area (TPSA) is 43.8 Å². The zero-order valence-corrected chi connectivity index (χ0v) is 13.8. The molecule has 0 aliphatic heterocycles. The third-order valence-electron chi connectivity index (χ3n) is 4.37. The molecule has 1 aromatic heterocycles. The Bertz CT molecular complexity index is 417. The molecule has 4 heteroatoms. The molecule has 1 saturated carbocycles. The Labute approximate surface area is 125 Å². The lowest BCUT2D eigenvalue weighted by atomic mass is 9.81. The van der Waals surface area contributed by atoms with Crippen LogP contribution >= 0.6 is 15.9 Å². The van der Waals surface area contributed by atoms with Gasteiger partial charge in [0.05, 0.1) is 15.9 Å². The number of rotatable bonds is 3. The third kappa shape index (κ3) is 3.60. The SMILES string of the molecule is CCc1nn(C)c(CC2(N)CCCCCCC2)c1Br. The van der Waals surface area contributed by atoms with Gasteiger partial charge in [-0.05, 0) is 35.2 Å². The first kappa shape index (κ1) is 15.0. The van der Waals surface area contributed by atoms with Gasteiger partial charge in [0.2, 0.25) is 0 Å². The normalized spacial score (nSPS) is 20.0. The van der Waals surface area contributed by atoms with Crippen molar-refractivity contribution in [1.29, 1.82) is 0 Å². The second kappa shape index (κ2) is 6.40. The summed E-state index contributed by atoms with van der Waals surface area (Å²) in [4.78, 5) is 0. The largest absolute Gasteiger partial charge is 0.325 e. The smallest absolute Gasteiger partial charge is 0.0766 e. The molecule has 0 aromatic carbocycles. The summed E-state index contributed by atoms with van der Waals surface area (Å²) < 4.78 is 3.18. The lowest BCUT2D eigenvalue weighted by Gasteiger charge is -2.31. The zero-order valence-electron chi connectivity index (χ0n) is 12.2. The van der Waals surface area contributed by atoms with E-state index in [1.54, 1.807) is 0 Å². The van der Waals surface area contributed by atoms with Crippen LogP contribution in [0.4, 0.5) is 0 Å². The summed E-state index contributed by atoms with van der Waals surface area (Å²) in [5, 5.41) is 4.58. The van der Waals surface area contributed by atoms with Gasteiger partial charge < -0.3 is 5.73 Å². The van der Waals surface area contributed by atoms with Gasteiger partial charge in [-0.1, -0.05) is 39.0 Å². The van der Waals surface area contributed by atoms with Crippen molar-refractivity contribution in [1.82, 2.24) is 9.78 Å². The Hall–Kier alpha value is -0.350. The predicted molar refractivity (Wildman–Crippen MR) is 83.2 cm³/mol. The van der Waals surface area contributed by atoms with E-state index in [1.807, 2.05) is 11.7 Å². The fraction of sp³-hybridized carbons (Fsp3) is 0.800. The molecule has 0 atom stereocenters. The number of hydrogen-bond donors (Lipinski definition) is 1. The van der Waals surface area contributed by atoms with Gasteiger partial charge in [0, 0.05) is 19.0 Å². The highest BCUT2D eigenvalue weighted by Gasteiger charge is 2.28. The van der Waals surface area contributed by atoms with E-state index in [1.165, 1.54) is 42.3 Å². The van der Waals surface area contributed by atoms with E-state index < -0.39 is 0 Å². The van der Waals surface area contributed by atoms with Crippen molar-refractivity contribution in [2.24, 2.45) is 12.8 Å². The molecule has 1 heterocycles. The van der Waals surface area contributed by atoms with Gasteiger partial charge in [0.25, 0.3) is 0 Å². The molecule has 108 valence electrons. The maximum absolute atomic E-state index is 6.69. The van der Waals surface area contributed by atoms with E-state index in [4.69, 9.17) is 5.73 Å². The second-order valence-corrected chi connectivity index (χ2v) is 6.78. The first-order valence-corrected chi connectivity index (χ1v) is 8.34. The molecule has 1 aliphatic rings. The number of hydrogen-bond acceptors (Lipinski definition) is 2. The van der Waals surface area contributed by atoms with Gasteiger partial charge in [-0.15, -0.1) is 0 Å². The van der Waals surface area contributed by atoms with E-state index in [0.717, 1.165) is 31.4 Å². The highest BCUT2D eigenvalue weighted by molar-refractivity contribution is 9.10. The summed E-state index contributed by atoms with van der Waals surface area (Å²) in [5.74, 6) is 0. The van der Waals surface area contributed by atoms with Crippen LogP contribution in [-0.2, 0) is 19.9 Å². The van der Waals surface area contributed by atoms with Crippen molar-refractivity contribution in [3.05, 3.63) is 15.9 Å². The van der Waals surface area contributed by atoms with Gasteiger partial charge >= 0.3 is 0 Å². The minimum Gasteiger partial charge on any atom is -0.325 e. The maximum atomic E-state index is 6.69. The van der Waals surface area contributed by atoms with Crippen LogP contribution in [0.25, 0.3) is 0 Å². The fourth-order valence-corrected chi connectivity index (χ4v) is 3.89. The maximum Gasteiger partial charge on any atom is 0.0766 e. The Morgan fingerprint density at radius 2 is 1.79 bits per heavy atom. The zero-order chi connectivity index (χ0) is 13.9. The van der Waals surface area contributed by atoms with Crippen LogP contribution in [-0.4, -0.2) is 15.3 Å². The van der Waals surface area contributed by atoms with E-state index in [0.29, 0.717) is 0 Å². The van der Waals surface area contributed by atoms with Crippen molar-refractivity contribution in [3.63, 3.8) is 0 Å². The minimum absolute atomic E-state index is 0.0399. The van der Waals surface area contributed by atoms with Crippen LogP contribution in [0.5, 0.6) is 0 Å². The monoisotopic (exact) mass is 327 g/mol. The first-order chi connectivity index (χ1) is 9.06. The highest BCUT2D eigenvalue weighted by Crippen LogP contribution is 2.31. The molecule has 2 N–H and O–H groups in total. The average Bonchev–Trinajstić information content (AvgIpc) is 2.62. The average molecular weight is 328 g/mol. The quantitative estimate of drug-likeness (QED) is 0.919. The van der Waals surface area contributed by atoms with Crippen molar-refractivity contribution in [2.45, 2.75) is 70.3 Å². The molecule has 0 unspecified atom stereocenters. The Balaban J connectivity index is 2.16. The molecular formula is C15H26BrN3. The van der Waals surface area contributed by atoms with Gasteiger partial charge in [-0.25, -0.2) is 0 Å². The van der Waals surface area contributed by atoms with Gasteiger partial charge in [-0.3, -0.25) is 4.68 Å². The van der Waals surface area contributed by atoms with E-state index in [9.17, 15) is 0 Å². The van der Waals surface area contributed by atoms with Gasteiger partial charge in [0.15, 0.2) is 0 Å². The Kier molecular flexibility index (Phi) is 5.07. The van der Waals surface area contributed by atoms with Gasteiger partial charge in [-0.2, -0.15) is 5.10 Å². The number of halogens is 1. The molecule has 2 rings (SSSR count). The molecule has 0 radical (unpaired) electrons. The highest BCUT2D eigenvalue weighted by atomic mass is 79.9. The summed E-state index contributed by atoms with van der Waals surface area (Å²) in [5.41, 5.74) is 9.06. The van der Waals surface area contributed by atoms with Gasteiger partial charge in [0.1, 0.15) is 0 Å². The van der Waals surface area contributed by atoms with Crippen LogP contribution in [0.2, 0.25) is 0 Å². The molecule has 3 nitrogen and oxygen atoms in total. The summed E-state index contributed by atoms with van der Waals surface area (Å²) in [6.07, 6.45) is 10.8. The van der Waals surface area contributed by atoms with E-state index >= 15 is 0 Å². The number of nitrogens with two attached hydrogens (primary N) is 1. The number of nitrogens with zero attached hydrogens (tertiary/aromatic N) is 2. The van der Waals surface area contributed by atoms with Crippen molar-refractivity contribution < 1.29 is 0 Å². The van der Waals surface area contributed by atoms with Crippen LogP contribution in [0.1, 0.15) is 63.3 Å². The van der Waals surface area contributed by atoms with Crippen LogP contribution in [0.3, 0.4) is 0 Å². The van der Waals surface area contributed by atoms with E-state index in [-0.39, 0.29) is 5.54 Å². The molecule has 1 aliphatic carbocycles. The standard InChI is InChI=1S/C15H26BrN3/c1-3-12-14(16)13(19(2)18-12)11-15(17)9-7-5-4-6-8-10-15/h3-11,17H2,1-2H3. The lowest BCUT2D eigenvalue weighted by Crippen LogP contribution is -2.43. The van der Waals surface area contributed by atoms with Crippen LogP contribution in [0.15, 0.2) is 4.47 Å². The molecule has 0 bridgehead atoms. The minimum atomic E-state index is -0.0399. The summed E-state index contributed by atoms with van der Waals surface area (Å²) in [7, 11) is 2.03. The molecule has 0 spiro atoms. The lowest BCUT2D eigenvalue weighted by molar-refractivity contribution is 0.309. The first-order valence-electron chi connectivity index (χ1n) is 7.55. The Morgan fingerprint density at radius 3 is 2.32 bits per heavy atom. The number of aryl methyl sites for hydroxylation is 2. The second-order valence-electron chi connectivity index (χ2n) is 5.99. The molecule has 1 fully saturated rings. The Morgan fingerprint density at radius 1 is 1.21 bits per heavy atom. The van der Waals surface area contributed by atoms with Crippen LogP contribution in [0, 0.1) is 0 Å². The summed E-state index contributed by atoms with van der Waals surface area (Å²) in [6.45, 7) is 2.14. The molecular weight excluding hydrogens is 302 g/mol. The van der Waals surface area contributed by atoms with E-state index in [2.05, 4.69) is 28.0 Å². The number of aromatic nitrogens is 2. The molecule has 0 amide bonds. The van der Waals surface area contributed by atoms with Crippen molar-refractivity contribution >= 4 is 15.9 Å². The van der Waals surface area contributed by atoms with Crippen molar-refractivity contribution in [2.75, 3.05) is 0 Å². The molecule has 0 saturated heterocycles.